The lowest BCUT2D eigenvalue weighted by Crippen LogP contribution is -3.00. The van der Waals surface area contributed by atoms with E-state index in [0.717, 1.165) is 0 Å². The minimum atomic E-state index is 0. The molecule has 0 aliphatic rings. The van der Waals surface area contributed by atoms with Crippen LogP contribution in [0.25, 0.3) is 0 Å². The molecular weight excluding hydrogens is 230 g/mol. The van der Waals surface area contributed by atoms with Crippen LogP contribution in [0.4, 0.5) is 0 Å². The number of aryl methyl sites for hydroxylation is 2. The Bertz CT molecular complexity index is 286. The number of hydrogen-bond donors (Lipinski definition) is 0. The summed E-state index contributed by atoms with van der Waals surface area (Å²) >= 11 is 0. The minimum absolute atomic E-state index is 0. The first-order chi connectivity index (χ1) is 7.84. The SMILES string of the molecule is CCCCCCCCC[n+]1ccccc1C.[Cl-]. The molecule has 0 N–H and O–H groups in total. The Hall–Kier alpha value is -0.560. The molecule has 1 rings (SSSR count). The molecule has 2 heteroatoms. The van der Waals surface area contributed by atoms with Crippen LogP contribution < -0.4 is 17.0 Å². The first-order valence-electron chi connectivity index (χ1n) is 6.79. The highest BCUT2D eigenvalue weighted by molar-refractivity contribution is 4.93. The Morgan fingerprint density at radius 2 is 1.59 bits per heavy atom. The molecule has 1 aromatic rings. The van der Waals surface area contributed by atoms with Gasteiger partial charge in [-0.15, -0.1) is 0 Å². The van der Waals surface area contributed by atoms with Crippen LogP contribution >= 0.6 is 0 Å². The van der Waals surface area contributed by atoms with E-state index >= 15 is 0 Å². The van der Waals surface area contributed by atoms with E-state index in [-0.39, 0.29) is 12.4 Å². The molecule has 0 aliphatic carbocycles. The summed E-state index contributed by atoms with van der Waals surface area (Å²) in [6.45, 7) is 5.64. The van der Waals surface area contributed by atoms with Gasteiger partial charge in [-0.2, -0.15) is 0 Å². The summed E-state index contributed by atoms with van der Waals surface area (Å²) in [7, 11) is 0. The van der Waals surface area contributed by atoms with Crippen molar-refractivity contribution in [2.24, 2.45) is 0 Å². The molecule has 0 fully saturated rings. The van der Waals surface area contributed by atoms with Gasteiger partial charge in [0.25, 0.3) is 0 Å². The monoisotopic (exact) mass is 255 g/mol. The maximum absolute atomic E-state index is 2.35. The summed E-state index contributed by atoms with van der Waals surface area (Å²) in [5.41, 5.74) is 1.37. The number of hydrogen-bond acceptors (Lipinski definition) is 0. The second-order valence-electron chi connectivity index (χ2n) is 4.66. The quantitative estimate of drug-likeness (QED) is 0.483. The third kappa shape index (κ3) is 7.38. The molecule has 0 aromatic carbocycles. The Labute approximate surface area is 113 Å². The van der Waals surface area contributed by atoms with Crippen LogP contribution in [0.3, 0.4) is 0 Å². The Balaban J connectivity index is 0.00000256. The molecule has 1 nitrogen and oxygen atoms in total. The number of rotatable bonds is 8. The molecule has 0 bridgehead atoms. The number of pyridine rings is 1. The molecule has 0 aliphatic heterocycles. The summed E-state index contributed by atoms with van der Waals surface area (Å²) in [5.74, 6) is 0. The van der Waals surface area contributed by atoms with Gasteiger partial charge >= 0.3 is 0 Å². The van der Waals surface area contributed by atoms with Crippen LogP contribution in [0, 0.1) is 6.92 Å². The van der Waals surface area contributed by atoms with E-state index in [1.54, 1.807) is 0 Å². The van der Waals surface area contributed by atoms with Crippen molar-refractivity contribution in [3.63, 3.8) is 0 Å². The van der Waals surface area contributed by atoms with E-state index in [4.69, 9.17) is 0 Å². The maximum Gasteiger partial charge on any atom is 0.178 e. The zero-order valence-electron chi connectivity index (χ0n) is 11.3. The van der Waals surface area contributed by atoms with Crippen molar-refractivity contribution in [1.82, 2.24) is 0 Å². The summed E-state index contributed by atoms with van der Waals surface area (Å²) < 4.78 is 2.35. The first-order valence-corrected chi connectivity index (χ1v) is 6.79. The van der Waals surface area contributed by atoms with Crippen molar-refractivity contribution in [3.8, 4) is 0 Å². The second-order valence-corrected chi connectivity index (χ2v) is 4.66. The van der Waals surface area contributed by atoms with Gasteiger partial charge in [0, 0.05) is 25.5 Å². The Kier molecular flexibility index (Phi) is 10.2. The molecule has 0 amide bonds. The molecule has 0 radical (unpaired) electrons. The van der Waals surface area contributed by atoms with Gasteiger partial charge in [0.15, 0.2) is 11.9 Å². The summed E-state index contributed by atoms with van der Waals surface area (Å²) in [6, 6.07) is 6.41. The van der Waals surface area contributed by atoms with Crippen molar-refractivity contribution in [2.45, 2.75) is 65.3 Å². The van der Waals surface area contributed by atoms with Gasteiger partial charge in [-0.25, -0.2) is 4.57 Å². The van der Waals surface area contributed by atoms with Crippen LogP contribution in [0.15, 0.2) is 24.4 Å². The number of aromatic nitrogens is 1. The van der Waals surface area contributed by atoms with Gasteiger partial charge in [-0.1, -0.05) is 45.1 Å². The lowest BCUT2D eigenvalue weighted by atomic mass is 10.1. The largest absolute Gasteiger partial charge is 1.00 e. The smallest absolute Gasteiger partial charge is 0.178 e. The highest BCUT2D eigenvalue weighted by atomic mass is 35.5. The zero-order chi connectivity index (χ0) is 11.6. The van der Waals surface area contributed by atoms with Crippen LogP contribution in [-0.2, 0) is 6.54 Å². The summed E-state index contributed by atoms with van der Waals surface area (Å²) in [5, 5.41) is 0. The molecule has 0 saturated carbocycles. The molecule has 1 aromatic heterocycles. The van der Waals surface area contributed by atoms with Gasteiger partial charge in [-0.3, -0.25) is 0 Å². The van der Waals surface area contributed by atoms with E-state index in [2.05, 4.69) is 42.8 Å². The highest BCUT2D eigenvalue weighted by Crippen LogP contribution is 2.06. The first kappa shape index (κ1) is 16.4. The van der Waals surface area contributed by atoms with Crippen LogP contribution in [-0.4, -0.2) is 0 Å². The summed E-state index contributed by atoms with van der Waals surface area (Å²) in [4.78, 5) is 0. The van der Waals surface area contributed by atoms with E-state index in [1.807, 2.05) is 0 Å². The average molecular weight is 256 g/mol. The van der Waals surface area contributed by atoms with Gasteiger partial charge in [0.1, 0.15) is 6.54 Å². The number of nitrogens with zero attached hydrogens (tertiary/aromatic N) is 1. The Morgan fingerprint density at radius 1 is 0.941 bits per heavy atom. The van der Waals surface area contributed by atoms with Crippen LogP contribution in [0.2, 0.25) is 0 Å². The fourth-order valence-electron chi connectivity index (χ4n) is 2.05. The molecule has 0 unspecified atom stereocenters. The van der Waals surface area contributed by atoms with Crippen molar-refractivity contribution in [1.29, 1.82) is 0 Å². The normalized spacial score (nSPS) is 10.0. The minimum Gasteiger partial charge on any atom is -1.00 e. The van der Waals surface area contributed by atoms with Crippen molar-refractivity contribution < 1.29 is 17.0 Å². The van der Waals surface area contributed by atoms with Crippen molar-refractivity contribution in [3.05, 3.63) is 30.1 Å². The third-order valence-electron chi connectivity index (χ3n) is 3.17. The summed E-state index contributed by atoms with van der Waals surface area (Å²) in [6.07, 6.45) is 11.9. The molecular formula is C15H26ClN. The van der Waals surface area contributed by atoms with Crippen molar-refractivity contribution >= 4 is 0 Å². The van der Waals surface area contributed by atoms with Gasteiger partial charge in [0.2, 0.25) is 0 Å². The van der Waals surface area contributed by atoms with E-state index in [0.29, 0.717) is 0 Å². The van der Waals surface area contributed by atoms with E-state index in [9.17, 15) is 0 Å². The van der Waals surface area contributed by atoms with E-state index in [1.165, 1.54) is 57.2 Å². The topological polar surface area (TPSA) is 3.88 Å². The molecule has 17 heavy (non-hydrogen) atoms. The Morgan fingerprint density at radius 3 is 2.24 bits per heavy atom. The van der Waals surface area contributed by atoms with E-state index < -0.39 is 0 Å². The molecule has 0 atom stereocenters. The van der Waals surface area contributed by atoms with Crippen LogP contribution in [0.1, 0.15) is 57.6 Å². The molecule has 1 heterocycles. The lowest BCUT2D eigenvalue weighted by Gasteiger charge is -2.01. The van der Waals surface area contributed by atoms with Gasteiger partial charge < -0.3 is 12.4 Å². The van der Waals surface area contributed by atoms with Gasteiger partial charge in [-0.05, 0) is 6.42 Å². The highest BCUT2D eigenvalue weighted by Gasteiger charge is 2.02. The molecule has 0 saturated heterocycles. The van der Waals surface area contributed by atoms with Gasteiger partial charge in [0.05, 0.1) is 0 Å². The van der Waals surface area contributed by atoms with Crippen LogP contribution in [0.5, 0.6) is 0 Å². The maximum atomic E-state index is 2.35. The molecule has 0 spiro atoms. The average Bonchev–Trinajstić information content (AvgIpc) is 2.30. The third-order valence-corrected chi connectivity index (χ3v) is 3.17. The van der Waals surface area contributed by atoms with Crippen molar-refractivity contribution in [2.75, 3.05) is 0 Å². The zero-order valence-corrected chi connectivity index (χ0v) is 12.0. The second kappa shape index (κ2) is 10.6. The fourth-order valence-corrected chi connectivity index (χ4v) is 2.05. The number of halogens is 1. The number of unbranched alkanes of at least 4 members (excludes halogenated alkanes) is 6. The lowest BCUT2D eigenvalue weighted by molar-refractivity contribution is -0.703. The predicted molar refractivity (Wildman–Crippen MR) is 69.4 cm³/mol. The standard InChI is InChI=1S/C15H26N.ClH/c1-3-4-5-6-7-8-10-13-16-14-11-9-12-15(16)2;/h9,11-12,14H,3-8,10,13H2,1-2H3;1H/q+1;/p-1. The fraction of sp³-hybridized carbons (Fsp3) is 0.667. The predicted octanol–water partition coefficient (Wildman–Crippen LogP) is 1.04. The molecule has 98 valence electrons.